The second-order valence-electron chi connectivity index (χ2n) is 2.79. The summed E-state index contributed by atoms with van der Waals surface area (Å²) in [4.78, 5) is 22.2. The summed E-state index contributed by atoms with van der Waals surface area (Å²) >= 11 is 0.836. The van der Waals surface area contributed by atoms with Gasteiger partial charge in [0.05, 0.1) is 20.3 Å². The molecule has 0 aromatic rings. The first-order valence-corrected chi connectivity index (χ1v) is 8.04. The molecule has 0 aromatic heterocycles. The molecule has 18 heavy (non-hydrogen) atoms. The Balaban J connectivity index is 4.99. The fourth-order valence-electron chi connectivity index (χ4n) is 0.807. The molecule has 0 spiro atoms. The van der Waals surface area contributed by atoms with Gasteiger partial charge in [-0.3, -0.25) is 9.32 Å². The molecule has 0 radical (unpaired) electrons. The van der Waals surface area contributed by atoms with Gasteiger partial charge in [0.2, 0.25) is 0 Å². The third kappa shape index (κ3) is 6.09. The number of hydrogen-bond acceptors (Lipinski definition) is 8. The molecule has 0 amide bonds. The Kier molecular flexibility index (Phi) is 7.73. The molecule has 1 atom stereocenters. The zero-order valence-corrected chi connectivity index (χ0v) is 12.2. The zero-order chi connectivity index (χ0) is 14.2. The topological polar surface area (TPSA) is 88.1 Å². The molecule has 9 heteroatoms. The van der Waals surface area contributed by atoms with Gasteiger partial charge in [-0.1, -0.05) is 0 Å². The van der Waals surface area contributed by atoms with Crippen LogP contribution >= 0.6 is 18.2 Å². The van der Waals surface area contributed by atoms with Gasteiger partial charge in [-0.25, -0.2) is 9.36 Å². The summed E-state index contributed by atoms with van der Waals surface area (Å²) < 4.78 is 30.4. The van der Waals surface area contributed by atoms with E-state index in [2.05, 4.69) is 9.47 Å². The standard InChI is InChI=1S/C9H15O7PS/c1-13-8(10)5-7(6-9(11)14-2)16-17(12,15-3)18-4/h5H,6H2,1-4H3/b7-5+. The highest BCUT2D eigenvalue weighted by Gasteiger charge is 2.26. The van der Waals surface area contributed by atoms with Gasteiger partial charge in [-0.15, -0.1) is 0 Å². The van der Waals surface area contributed by atoms with Crippen molar-refractivity contribution in [2.24, 2.45) is 0 Å². The van der Waals surface area contributed by atoms with Gasteiger partial charge in [-0.2, -0.15) is 0 Å². The van der Waals surface area contributed by atoms with Crippen LogP contribution in [0.2, 0.25) is 0 Å². The molecule has 0 N–H and O–H groups in total. The summed E-state index contributed by atoms with van der Waals surface area (Å²) in [5.74, 6) is -1.53. The first kappa shape index (κ1) is 17.0. The van der Waals surface area contributed by atoms with Gasteiger partial charge in [0.25, 0.3) is 0 Å². The van der Waals surface area contributed by atoms with Crippen LogP contribution in [-0.2, 0) is 32.7 Å². The minimum Gasteiger partial charge on any atom is -0.469 e. The predicted molar refractivity (Wildman–Crippen MR) is 65.9 cm³/mol. The zero-order valence-electron chi connectivity index (χ0n) is 10.5. The van der Waals surface area contributed by atoms with Crippen LogP contribution in [0.3, 0.4) is 0 Å². The molecule has 0 fully saturated rings. The van der Waals surface area contributed by atoms with E-state index in [0.29, 0.717) is 0 Å². The Morgan fingerprint density at radius 1 is 1.22 bits per heavy atom. The molecule has 0 aliphatic carbocycles. The van der Waals surface area contributed by atoms with Crippen molar-refractivity contribution in [1.82, 2.24) is 0 Å². The Morgan fingerprint density at radius 2 is 1.83 bits per heavy atom. The highest BCUT2D eigenvalue weighted by atomic mass is 32.7. The van der Waals surface area contributed by atoms with E-state index in [4.69, 9.17) is 9.05 Å². The number of ether oxygens (including phenoxy) is 2. The van der Waals surface area contributed by atoms with Crippen LogP contribution in [-0.4, -0.2) is 39.5 Å². The molecule has 104 valence electrons. The van der Waals surface area contributed by atoms with Crippen LogP contribution in [0.15, 0.2) is 11.8 Å². The molecule has 0 aliphatic rings. The van der Waals surface area contributed by atoms with E-state index in [9.17, 15) is 14.2 Å². The second kappa shape index (κ2) is 8.18. The van der Waals surface area contributed by atoms with Gasteiger partial charge in [0, 0.05) is 7.11 Å². The van der Waals surface area contributed by atoms with Crippen molar-refractivity contribution >= 4 is 30.1 Å². The number of carbonyl (C=O) groups is 2. The highest BCUT2D eigenvalue weighted by molar-refractivity contribution is 8.54. The molecule has 0 saturated heterocycles. The average molecular weight is 298 g/mol. The molecule has 0 aromatic carbocycles. The van der Waals surface area contributed by atoms with E-state index in [-0.39, 0.29) is 12.2 Å². The lowest BCUT2D eigenvalue weighted by Crippen LogP contribution is -2.06. The smallest absolute Gasteiger partial charge is 0.439 e. The van der Waals surface area contributed by atoms with Crippen LogP contribution in [0.1, 0.15) is 6.42 Å². The maximum Gasteiger partial charge on any atom is 0.439 e. The maximum atomic E-state index is 11.9. The van der Waals surface area contributed by atoms with E-state index < -0.39 is 18.7 Å². The van der Waals surface area contributed by atoms with Crippen LogP contribution in [0.25, 0.3) is 0 Å². The summed E-state index contributed by atoms with van der Waals surface area (Å²) in [7, 11) is 3.55. The van der Waals surface area contributed by atoms with Crippen molar-refractivity contribution in [1.29, 1.82) is 0 Å². The van der Waals surface area contributed by atoms with Crippen molar-refractivity contribution in [3.8, 4) is 0 Å². The Hall–Kier alpha value is -0.980. The number of carbonyl (C=O) groups excluding carboxylic acids is 2. The van der Waals surface area contributed by atoms with Gasteiger partial charge < -0.3 is 14.0 Å². The Morgan fingerprint density at radius 3 is 2.22 bits per heavy atom. The minimum atomic E-state index is -3.44. The van der Waals surface area contributed by atoms with Crippen molar-refractivity contribution in [2.45, 2.75) is 6.42 Å². The molecule has 0 heterocycles. The predicted octanol–water partition coefficient (Wildman–Crippen LogP) is 1.74. The number of rotatable bonds is 7. The third-order valence-electron chi connectivity index (χ3n) is 1.70. The monoisotopic (exact) mass is 298 g/mol. The van der Waals surface area contributed by atoms with Gasteiger partial charge in [-0.05, 0) is 17.6 Å². The van der Waals surface area contributed by atoms with Gasteiger partial charge >= 0.3 is 18.7 Å². The molecular formula is C9H15O7PS. The quantitative estimate of drug-likeness (QED) is 0.304. The fraction of sp³-hybridized carbons (Fsp3) is 0.556. The minimum absolute atomic E-state index is 0.145. The Labute approximate surface area is 109 Å². The van der Waals surface area contributed by atoms with Crippen LogP contribution < -0.4 is 0 Å². The third-order valence-corrected chi connectivity index (χ3v) is 5.07. The summed E-state index contributed by atoms with van der Waals surface area (Å²) in [6.07, 6.45) is 2.08. The number of hydrogen-bond donors (Lipinski definition) is 0. The van der Waals surface area contributed by atoms with Crippen LogP contribution in [0.4, 0.5) is 0 Å². The van der Waals surface area contributed by atoms with Crippen LogP contribution in [0.5, 0.6) is 0 Å². The van der Waals surface area contributed by atoms with Gasteiger partial charge in [0.15, 0.2) is 0 Å². The molecule has 0 aliphatic heterocycles. The van der Waals surface area contributed by atoms with Crippen molar-refractivity contribution in [3.05, 3.63) is 11.8 Å². The maximum absolute atomic E-state index is 11.9. The van der Waals surface area contributed by atoms with E-state index in [1.54, 1.807) is 0 Å². The highest BCUT2D eigenvalue weighted by Crippen LogP contribution is 2.60. The summed E-state index contributed by atoms with van der Waals surface area (Å²) in [5, 5.41) is 0. The van der Waals surface area contributed by atoms with E-state index in [1.807, 2.05) is 0 Å². The molecule has 0 rings (SSSR count). The largest absolute Gasteiger partial charge is 0.469 e. The van der Waals surface area contributed by atoms with Gasteiger partial charge in [0.1, 0.15) is 12.2 Å². The molecule has 0 saturated carbocycles. The summed E-state index contributed by atoms with van der Waals surface area (Å²) in [6, 6.07) is 0. The lowest BCUT2D eigenvalue weighted by atomic mass is 10.3. The van der Waals surface area contributed by atoms with E-state index >= 15 is 0 Å². The fourth-order valence-corrected chi connectivity index (χ4v) is 2.47. The normalized spacial score (nSPS) is 14.6. The SMILES string of the molecule is COC(=O)/C=C(\CC(=O)OC)OP(=O)(OC)SC. The van der Waals surface area contributed by atoms with Crippen molar-refractivity contribution in [3.63, 3.8) is 0 Å². The summed E-state index contributed by atoms with van der Waals surface area (Å²) in [5.41, 5.74) is 0. The van der Waals surface area contributed by atoms with Crippen molar-refractivity contribution in [2.75, 3.05) is 27.6 Å². The average Bonchev–Trinajstić information content (AvgIpc) is 2.37. The number of esters is 2. The number of methoxy groups -OCH3 is 2. The first-order chi connectivity index (χ1) is 8.40. The Bertz CT molecular complexity index is 371. The van der Waals surface area contributed by atoms with E-state index in [1.165, 1.54) is 27.6 Å². The summed E-state index contributed by atoms with van der Waals surface area (Å²) in [6.45, 7) is -3.44. The molecule has 7 nitrogen and oxygen atoms in total. The first-order valence-electron chi connectivity index (χ1n) is 4.67. The lowest BCUT2D eigenvalue weighted by molar-refractivity contribution is -0.140. The molecular weight excluding hydrogens is 283 g/mol. The second-order valence-corrected chi connectivity index (χ2v) is 7.03. The lowest BCUT2D eigenvalue weighted by Gasteiger charge is -2.16. The molecule has 1 unspecified atom stereocenters. The molecule has 0 bridgehead atoms. The van der Waals surface area contributed by atoms with Crippen LogP contribution in [0, 0.1) is 0 Å². The van der Waals surface area contributed by atoms with Crippen molar-refractivity contribution < 1.29 is 32.7 Å². The van der Waals surface area contributed by atoms with E-state index in [0.717, 1.165) is 17.5 Å².